The molecule has 0 saturated heterocycles. The normalized spacial score (nSPS) is 16.5. The van der Waals surface area contributed by atoms with Crippen molar-refractivity contribution < 1.29 is 8.42 Å². The molecule has 1 aliphatic carbocycles. The fourth-order valence-corrected chi connectivity index (χ4v) is 3.05. The maximum absolute atomic E-state index is 11.3. The summed E-state index contributed by atoms with van der Waals surface area (Å²) in [7, 11) is -3.18. The Morgan fingerprint density at radius 1 is 1.44 bits per heavy atom. The predicted octanol–water partition coefficient (Wildman–Crippen LogP) is 0.502. The van der Waals surface area contributed by atoms with Crippen molar-refractivity contribution in [3.05, 3.63) is 10.8 Å². The quantitative estimate of drug-likeness (QED) is 0.865. The van der Waals surface area contributed by atoms with Gasteiger partial charge in [-0.15, -0.1) is 10.2 Å². The maximum atomic E-state index is 11.3. The lowest BCUT2D eigenvalue weighted by molar-refractivity contribution is 0.582. The van der Waals surface area contributed by atoms with Gasteiger partial charge in [-0.3, -0.25) is 0 Å². The summed E-state index contributed by atoms with van der Waals surface area (Å²) in [6, 6.07) is 0. The molecule has 18 heavy (non-hydrogen) atoms. The lowest BCUT2D eigenvalue weighted by atomic mass is 10.4. The largest absolute Gasteiger partial charge is 0.234 e. The molecule has 2 heterocycles. The van der Waals surface area contributed by atoms with E-state index in [4.69, 9.17) is 0 Å². The second-order valence-corrected chi connectivity index (χ2v) is 7.38. The molecule has 1 fully saturated rings. The molecule has 3 rings (SSSR count). The van der Waals surface area contributed by atoms with Crippen LogP contribution < -0.4 is 4.72 Å². The third-order valence-electron chi connectivity index (χ3n) is 2.82. The first-order valence-corrected chi connectivity index (χ1v) is 8.24. The molecular weight excluding hydrogens is 274 g/mol. The number of hydrogen-bond acceptors (Lipinski definition) is 6. The molecule has 1 aliphatic rings. The number of hydrogen-bond donors (Lipinski definition) is 1. The SMILES string of the molecule is CCS(=O)(=O)NCc1nn2c(C3CC3)nnc2s1. The summed E-state index contributed by atoms with van der Waals surface area (Å²) in [6.45, 7) is 1.82. The van der Waals surface area contributed by atoms with E-state index < -0.39 is 10.0 Å². The number of nitrogens with zero attached hydrogens (tertiary/aromatic N) is 4. The molecule has 0 radical (unpaired) electrons. The van der Waals surface area contributed by atoms with Gasteiger partial charge in [0.15, 0.2) is 5.82 Å². The Hall–Kier alpha value is -1.06. The molecule has 2 aromatic heterocycles. The summed E-state index contributed by atoms with van der Waals surface area (Å²) >= 11 is 1.37. The van der Waals surface area contributed by atoms with Crippen LogP contribution in [0.5, 0.6) is 0 Å². The molecule has 2 aromatic rings. The highest BCUT2D eigenvalue weighted by Gasteiger charge is 2.30. The van der Waals surface area contributed by atoms with E-state index in [0.29, 0.717) is 10.9 Å². The smallest absolute Gasteiger partial charge is 0.212 e. The van der Waals surface area contributed by atoms with E-state index in [1.165, 1.54) is 11.3 Å². The van der Waals surface area contributed by atoms with Gasteiger partial charge in [0.2, 0.25) is 15.0 Å². The van der Waals surface area contributed by atoms with Crippen molar-refractivity contribution in [1.29, 1.82) is 0 Å². The number of aromatic nitrogens is 4. The molecule has 0 unspecified atom stereocenters. The molecule has 0 atom stereocenters. The zero-order valence-electron chi connectivity index (χ0n) is 9.83. The van der Waals surface area contributed by atoms with Crippen LogP contribution in [0, 0.1) is 0 Å². The third kappa shape index (κ3) is 2.25. The zero-order chi connectivity index (χ0) is 12.8. The van der Waals surface area contributed by atoms with Gasteiger partial charge in [0, 0.05) is 5.92 Å². The summed E-state index contributed by atoms with van der Waals surface area (Å²) in [4.78, 5) is 0.725. The van der Waals surface area contributed by atoms with Crippen LogP contribution in [0.2, 0.25) is 0 Å². The van der Waals surface area contributed by atoms with Crippen molar-refractivity contribution >= 4 is 26.3 Å². The molecule has 0 bridgehead atoms. The fourth-order valence-electron chi connectivity index (χ4n) is 1.61. The molecule has 1 N–H and O–H groups in total. The van der Waals surface area contributed by atoms with E-state index in [1.54, 1.807) is 11.4 Å². The van der Waals surface area contributed by atoms with Gasteiger partial charge in [0.05, 0.1) is 12.3 Å². The molecule has 98 valence electrons. The first-order valence-electron chi connectivity index (χ1n) is 5.77. The average molecular weight is 287 g/mol. The van der Waals surface area contributed by atoms with E-state index >= 15 is 0 Å². The highest BCUT2D eigenvalue weighted by atomic mass is 32.2. The maximum Gasteiger partial charge on any atom is 0.234 e. The van der Waals surface area contributed by atoms with Gasteiger partial charge in [-0.2, -0.15) is 9.61 Å². The summed E-state index contributed by atoms with van der Waals surface area (Å²) in [5.41, 5.74) is 0. The van der Waals surface area contributed by atoms with Crippen LogP contribution in [0.4, 0.5) is 0 Å². The van der Waals surface area contributed by atoms with Gasteiger partial charge in [-0.25, -0.2) is 13.1 Å². The summed E-state index contributed by atoms with van der Waals surface area (Å²) in [5.74, 6) is 1.44. The van der Waals surface area contributed by atoms with Gasteiger partial charge < -0.3 is 0 Å². The number of sulfonamides is 1. The van der Waals surface area contributed by atoms with Crippen LogP contribution in [-0.2, 0) is 16.6 Å². The molecule has 7 nitrogen and oxygen atoms in total. The van der Waals surface area contributed by atoms with Gasteiger partial charge in [0.1, 0.15) is 5.01 Å². The van der Waals surface area contributed by atoms with Crippen LogP contribution in [-0.4, -0.2) is 34.0 Å². The van der Waals surface area contributed by atoms with Gasteiger partial charge in [-0.05, 0) is 19.8 Å². The Labute approximate surface area is 108 Å². The van der Waals surface area contributed by atoms with E-state index in [-0.39, 0.29) is 12.3 Å². The summed E-state index contributed by atoms with van der Waals surface area (Å²) in [6.07, 6.45) is 2.27. The Kier molecular flexibility index (Phi) is 2.83. The van der Waals surface area contributed by atoms with Crippen molar-refractivity contribution in [3.8, 4) is 0 Å². The molecule has 0 aliphatic heterocycles. The lowest BCUT2D eigenvalue weighted by Gasteiger charge is -2.00. The van der Waals surface area contributed by atoms with Crippen LogP contribution in [0.3, 0.4) is 0 Å². The monoisotopic (exact) mass is 287 g/mol. The summed E-state index contributed by atoms with van der Waals surface area (Å²) < 4.78 is 26.9. The van der Waals surface area contributed by atoms with Crippen molar-refractivity contribution in [2.24, 2.45) is 0 Å². The predicted molar refractivity (Wildman–Crippen MR) is 66.9 cm³/mol. The zero-order valence-corrected chi connectivity index (χ0v) is 11.5. The van der Waals surface area contributed by atoms with Gasteiger partial charge >= 0.3 is 0 Å². The number of nitrogens with one attached hydrogen (secondary N) is 1. The van der Waals surface area contributed by atoms with E-state index in [2.05, 4.69) is 20.0 Å². The van der Waals surface area contributed by atoms with Crippen LogP contribution in [0.1, 0.15) is 36.5 Å². The van der Waals surface area contributed by atoms with E-state index in [0.717, 1.165) is 23.6 Å². The molecule has 1 saturated carbocycles. The van der Waals surface area contributed by atoms with Crippen molar-refractivity contribution in [1.82, 2.24) is 24.5 Å². The summed E-state index contributed by atoms with van der Waals surface area (Å²) in [5, 5.41) is 13.2. The molecule has 9 heteroatoms. The van der Waals surface area contributed by atoms with Crippen LogP contribution in [0.15, 0.2) is 0 Å². The van der Waals surface area contributed by atoms with Crippen molar-refractivity contribution in [3.63, 3.8) is 0 Å². The highest BCUT2D eigenvalue weighted by Crippen LogP contribution is 2.39. The second-order valence-electron chi connectivity index (χ2n) is 4.25. The van der Waals surface area contributed by atoms with Crippen LogP contribution >= 0.6 is 11.3 Å². The molecule has 0 aromatic carbocycles. The van der Waals surface area contributed by atoms with Gasteiger partial charge in [0.25, 0.3) is 0 Å². The van der Waals surface area contributed by atoms with Crippen LogP contribution in [0.25, 0.3) is 4.96 Å². The Morgan fingerprint density at radius 2 is 2.22 bits per heavy atom. The highest BCUT2D eigenvalue weighted by molar-refractivity contribution is 7.89. The third-order valence-corrected chi connectivity index (χ3v) is 5.07. The fraction of sp³-hybridized carbons (Fsp3) is 0.667. The molecular formula is C9H13N5O2S2. The standard InChI is InChI=1S/C9H13N5O2S2/c1-2-18(15,16)10-5-7-13-14-8(6-3-4-6)11-12-9(14)17-7/h6,10H,2-5H2,1H3. The first-order chi connectivity index (χ1) is 8.59. The molecule has 0 spiro atoms. The Bertz CT molecular complexity index is 670. The van der Waals surface area contributed by atoms with Gasteiger partial charge in [-0.1, -0.05) is 11.3 Å². The van der Waals surface area contributed by atoms with Crippen molar-refractivity contribution in [2.45, 2.75) is 32.2 Å². The number of fused-ring (bicyclic) bond motifs is 1. The first kappa shape index (κ1) is 12.0. The molecule has 0 amide bonds. The average Bonchev–Trinajstić information content (AvgIpc) is 2.98. The van der Waals surface area contributed by atoms with E-state index in [9.17, 15) is 8.42 Å². The lowest BCUT2D eigenvalue weighted by Crippen LogP contribution is -2.24. The number of rotatable bonds is 5. The minimum Gasteiger partial charge on any atom is -0.212 e. The van der Waals surface area contributed by atoms with E-state index in [1.807, 2.05) is 0 Å². The second kappa shape index (κ2) is 4.25. The minimum absolute atomic E-state index is 0.0738. The van der Waals surface area contributed by atoms with Crippen molar-refractivity contribution in [2.75, 3.05) is 5.75 Å². The Balaban J connectivity index is 1.81. The topological polar surface area (TPSA) is 89.2 Å². The Morgan fingerprint density at radius 3 is 2.89 bits per heavy atom. The minimum atomic E-state index is -3.18.